The summed E-state index contributed by atoms with van der Waals surface area (Å²) in [5, 5.41) is 7.87. The van der Waals surface area contributed by atoms with Gasteiger partial charge in [0.15, 0.2) is 0 Å². The van der Waals surface area contributed by atoms with E-state index in [1.807, 2.05) is 36.6 Å². The molecule has 4 aromatic rings. The second-order valence-electron chi connectivity index (χ2n) is 7.00. The van der Waals surface area contributed by atoms with Crippen molar-refractivity contribution in [2.24, 2.45) is 0 Å². The third-order valence-corrected chi connectivity index (χ3v) is 6.00. The number of rotatable bonds is 4. The maximum absolute atomic E-state index is 15.1. The van der Waals surface area contributed by atoms with Gasteiger partial charge in [0.2, 0.25) is 0 Å². The number of nitrogens with one attached hydrogen (secondary N) is 1. The maximum atomic E-state index is 15.1. The number of anilines is 1. The molecule has 0 radical (unpaired) electrons. The Hall–Kier alpha value is -2.97. The summed E-state index contributed by atoms with van der Waals surface area (Å²) in [6, 6.07) is 11.1. The topological polar surface area (TPSA) is 66.9 Å². The monoisotopic (exact) mass is 421 g/mol. The summed E-state index contributed by atoms with van der Waals surface area (Å²) < 4.78 is 20.6. The van der Waals surface area contributed by atoms with Crippen LogP contribution < -0.4 is 4.90 Å². The molecule has 0 bridgehead atoms. The van der Waals surface area contributed by atoms with E-state index in [9.17, 15) is 0 Å². The van der Waals surface area contributed by atoms with Crippen LogP contribution >= 0.6 is 11.8 Å². The molecule has 4 heterocycles. The number of H-pyrrole nitrogens is 1. The van der Waals surface area contributed by atoms with Crippen LogP contribution in [0, 0.1) is 5.82 Å². The van der Waals surface area contributed by atoms with E-state index in [0.29, 0.717) is 30.0 Å². The third kappa shape index (κ3) is 3.42. The highest BCUT2D eigenvalue weighted by molar-refractivity contribution is 7.98. The van der Waals surface area contributed by atoms with Gasteiger partial charge >= 0.3 is 0 Å². The summed E-state index contributed by atoms with van der Waals surface area (Å²) in [7, 11) is 0. The Balaban J connectivity index is 1.77. The van der Waals surface area contributed by atoms with Crippen molar-refractivity contribution < 1.29 is 9.13 Å². The number of fused-ring (bicyclic) bond motifs is 1. The predicted molar refractivity (Wildman–Crippen MR) is 117 cm³/mol. The number of benzene rings is 1. The van der Waals surface area contributed by atoms with Crippen LogP contribution in [0.1, 0.15) is 0 Å². The smallest absolute Gasteiger partial charge is 0.132 e. The predicted octanol–water partition coefficient (Wildman–Crippen LogP) is 4.38. The molecular formula is C22H20FN5OS. The molecule has 152 valence electrons. The van der Waals surface area contributed by atoms with Crippen molar-refractivity contribution in [3.63, 3.8) is 0 Å². The molecule has 1 aromatic carbocycles. The summed E-state index contributed by atoms with van der Waals surface area (Å²) in [5.74, 6) is 0.546. The molecule has 5 rings (SSSR count). The van der Waals surface area contributed by atoms with Crippen molar-refractivity contribution in [1.82, 2.24) is 20.2 Å². The maximum Gasteiger partial charge on any atom is 0.132 e. The number of aromatic amines is 1. The van der Waals surface area contributed by atoms with Gasteiger partial charge < -0.3 is 9.64 Å². The summed E-state index contributed by atoms with van der Waals surface area (Å²) in [4.78, 5) is 12.5. The van der Waals surface area contributed by atoms with Crippen LogP contribution in [0.15, 0.2) is 53.7 Å². The lowest BCUT2D eigenvalue weighted by atomic mass is 9.99. The van der Waals surface area contributed by atoms with Crippen LogP contribution in [-0.2, 0) is 4.74 Å². The fourth-order valence-corrected chi connectivity index (χ4v) is 4.17. The quantitative estimate of drug-likeness (QED) is 0.493. The minimum atomic E-state index is -0.248. The number of morpholine rings is 1. The first kappa shape index (κ1) is 19.0. The summed E-state index contributed by atoms with van der Waals surface area (Å²) in [6.45, 7) is 2.77. The number of pyridine rings is 2. The van der Waals surface area contributed by atoms with Gasteiger partial charge in [0.25, 0.3) is 0 Å². The largest absolute Gasteiger partial charge is 0.378 e. The Morgan fingerprint density at radius 3 is 2.67 bits per heavy atom. The lowest BCUT2D eigenvalue weighted by Crippen LogP contribution is -2.36. The Morgan fingerprint density at radius 2 is 1.93 bits per heavy atom. The Labute approximate surface area is 177 Å². The van der Waals surface area contributed by atoms with Crippen LogP contribution in [0.2, 0.25) is 0 Å². The molecule has 0 spiro atoms. The molecule has 0 unspecified atom stereocenters. The van der Waals surface area contributed by atoms with E-state index in [1.54, 1.807) is 18.5 Å². The van der Waals surface area contributed by atoms with Gasteiger partial charge in [0.1, 0.15) is 22.8 Å². The van der Waals surface area contributed by atoms with Crippen LogP contribution in [-0.4, -0.2) is 52.7 Å². The number of thioether (sulfide) groups is 1. The first-order chi connectivity index (χ1) is 14.7. The van der Waals surface area contributed by atoms with E-state index in [1.165, 1.54) is 11.8 Å². The molecule has 1 aliphatic rings. The van der Waals surface area contributed by atoms with Gasteiger partial charge in [-0.25, -0.2) is 9.37 Å². The van der Waals surface area contributed by atoms with Crippen LogP contribution in [0.25, 0.3) is 33.4 Å². The third-order valence-electron chi connectivity index (χ3n) is 5.27. The van der Waals surface area contributed by atoms with Crippen molar-refractivity contribution in [2.75, 3.05) is 37.5 Å². The fraction of sp³-hybridized carbons (Fsp3) is 0.227. The van der Waals surface area contributed by atoms with Gasteiger partial charge in [0, 0.05) is 41.3 Å². The summed E-state index contributed by atoms with van der Waals surface area (Å²) in [5.41, 5.74) is 3.54. The molecule has 1 saturated heterocycles. The van der Waals surface area contributed by atoms with E-state index >= 15 is 4.39 Å². The van der Waals surface area contributed by atoms with Crippen molar-refractivity contribution >= 4 is 28.5 Å². The minimum absolute atomic E-state index is 0.248. The van der Waals surface area contributed by atoms with Gasteiger partial charge in [-0.05, 0) is 42.2 Å². The number of aromatic nitrogens is 4. The average Bonchev–Trinajstić information content (AvgIpc) is 3.33. The molecular weight excluding hydrogens is 401 g/mol. The number of hydrogen-bond acceptors (Lipinski definition) is 6. The number of halogens is 1. The van der Waals surface area contributed by atoms with Gasteiger partial charge in [-0.15, -0.1) is 11.8 Å². The SMILES string of the molecule is CSc1ccc(-c2cc(N3CCOCC3)nc3c(-c4ccn[nH]4)nccc23)c(F)c1. The van der Waals surface area contributed by atoms with Gasteiger partial charge in [-0.2, -0.15) is 5.10 Å². The van der Waals surface area contributed by atoms with Crippen LogP contribution in [0.5, 0.6) is 0 Å². The highest BCUT2D eigenvalue weighted by Crippen LogP contribution is 2.36. The van der Waals surface area contributed by atoms with Crippen LogP contribution in [0.3, 0.4) is 0 Å². The molecule has 1 fully saturated rings. The molecule has 1 aliphatic heterocycles. The standard InChI is InChI=1S/C22H20FN5OS/c1-30-14-2-3-15(18(23)12-14)17-13-20(28-8-10-29-11-9-28)26-21-16(17)4-6-24-22(21)19-5-7-25-27-19/h2-7,12-13H,8-11H2,1H3,(H,25,27). The second-order valence-corrected chi connectivity index (χ2v) is 7.88. The van der Waals surface area contributed by atoms with Gasteiger partial charge in [-0.1, -0.05) is 6.07 Å². The fourth-order valence-electron chi connectivity index (χ4n) is 3.74. The normalized spacial score (nSPS) is 14.4. The lowest BCUT2D eigenvalue weighted by molar-refractivity contribution is 0.122. The molecule has 30 heavy (non-hydrogen) atoms. The van der Waals surface area contributed by atoms with E-state index in [4.69, 9.17) is 9.72 Å². The Morgan fingerprint density at radius 1 is 1.07 bits per heavy atom. The molecule has 6 nitrogen and oxygen atoms in total. The number of ether oxygens (including phenoxy) is 1. The zero-order valence-electron chi connectivity index (χ0n) is 16.4. The molecule has 1 N–H and O–H groups in total. The molecule has 0 aliphatic carbocycles. The zero-order valence-corrected chi connectivity index (χ0v) is 17.2. The first-order valence-corrected chi connectivity index (χ1v) is 10.9. The average molecular weight is 422 g/mol. The number of hydrogen-bond donors (Lipinski definition) is 1. The van der Waals surface area contributed by atoms with Crippen LogP contribution in [0.4, 0.5) is 10.2 Å². The number of nitrogens with zero attached hydrogens (tertiary/aromatic N) is 4. The second kappa shape index (κ2) is 8.04. The van der Waals surface area contributed by atoms with Crippen molar-refractivity contribution in [3.8, 4) is 22.5 Å². The molecule has 3 aromatic heterocycles. The van der Waals surface area contributed by atoms with Crippen molar-refractivity contribution in [3.05, 3.63) is 54.6 Å². The Kier molecular flexibility index (Phi) is 5.10. The minimum Gasteiger partial charge on any atom is -0.378 e. The van der Waals surface area contributed by atoms with E-state index in [0.717, 1.165) is 40.4 Å². The highest BCUT2D eigenvalue weighted by Gasteiger charge is 2.20. The van der Waals surface area contributed by atoms with Crippen molar-refractivity contribution in [1.29, 1.82) is 0 Å². The Bertz CT molecular complexity index is 1190. The highest BCUT2D eigenvalue weighted by atomic mass is 32.2. The van der Waals surface area contributed by atoms with Crippen molar-refractivity contribution in [2.45, 2.75) is 4.90 Å². The molecule has 8 heteroatoms. The summed E-state index contributed by atoms with van der Waals surface area (Å²) >= 11 is 1.52. The first-order valence-electron chi connectivity index (χ1n) is 9.70. The summed E-state index contributed by atoms with van der Waals surface area (Å²) in [6.07, 6.45) is 5.35. The molecule has 0 atom stereocenters. The zero-order chi connectivity index (χ0) is 20.5. The van der Waals surface area contributed by atoms with E-state index in [2.05, 4.69) is 20.1 Å². The molecule has 0 saturated carbocycles. The van der Waals surface area contributed by atoms with E-state index < -0.39 is 0 Å². The van der Waals surface area contributed by atoms with Gasteiger partial charge in [-0.3, -0.25) is 10.1 Å². The molecule has 0 amide bonds. The lowest BCUT2D eigenvalue weighted by Gasteiger charge is -2.28. The van der Waals surface area contributed by atoms with Gasteiger partial charge in [0.05, 0.1) is 18.9 Å². The van der Waals surface area contributed by atoms with E-state index in [-0.39, 0.29) is 5.82 Å².